The van der Waals surface area contributed by atoms with Gasteiger partial charge in [-0.3, -0.25) is 4.79 Å². The molecule has 0 unspecified atom stereocenters. The summed E-state index contributed by atoms with van der Waals surface area (Å²) >= 11 is 0. The molecule has 2 heterocycles. The molecule has 2 atom stereocenters. The van der Waals surface area contributed by atoms with Crippen molar-refractivity contribution < 1.29 is 18.7 Å². The summed E-state index contributed by atoms with van der Waals surface area (Å²) in [5.41, 5.74) is 1.36. The zero-order chi connectivity index (χ0) is 14.8. The number of rotatable bonds is 3. The molecule has 0 fully saturated rings. The normalized spacial score (nSPS) is 18.5. The number of carbonyl (C=O) groups is 2. The quantitative estimate of drug-likeness (QED) is 0.878. The number of hydrogen-bond donors (Lipinski definition) is 1. The summed E-state index contributed by atoms with van der Waals surface area (Å²) in [5, 5.41) is 2.79. The molecular formula is C16H15NO4. The molecule has 1 aliphatic rings. The van der Waals surface area contributed by atoms with E-state index >= 15 is 0 Å². The third-order valence-corrected chi connectivity index (χ3v) is 3.51. The van der Waals surface area contributed by atoms with E-state index in [4.69, 9.17) is 9.15 Å². The molecule has 0 bridgehead atoms. The molecular weight excluding hydrogens is 270 g/mol. The van der Waals surface area contributed by atoms with E-state index in [0.29, 0.717) is 17.7 Å². The van der Waals surface area contributed by atoms with Crippen LogP contribution in [0.1, 0.15) is 34.6 Å². The predicted octanol–water partition coefficient (Wildman–Crippen LogP) is 2.24. The summed E-state index contributed by atoms with van der Waals surface area (Å²) in [6, 6.07) is 10.4. The Labute approximate surface area is 121 Å². The summed E-state index contributed by atoms with van der Waals surface area (Å²) in [4.78, 5) is 24.1. The second-order valence-electron chi connectivity index (χ2n) is 5.00. The van der Waals surface area contributed by atoms with Crippen LogP contribution in [0, 0.1) is 0 Å². The average Bonchev–Trinajstić information content (AvgIpc) is 3.01. The topological polar surface area (TPSA) is 68.5 Å². The lowest BCUT2D eigenvalue weighted by Gasteiger charge is -2.24. The Hall–Kier alpha value is -2.56. The standard InChI is InChI=1S/C16H15NO4/c1-10(13-7-4-8-20-13)17-15(18)14-9-11-5-2-3-6-12(11)16(19)21-14/h2-8,10,14H,9H2,1H3,(H,17,18)/t10-,14-/m0/s1. The highest BCUT2D eigenvalue weighted by Gasteiger charge is 2.31. The first-order chi connectivity index (χ1) is 10.1. The zero-order valence-corrected chi connectivity index (χ0v) is 11.5. The molecule has 0 saturated heterocycles. The lowest BCUT2D eigenvalue weighted by molar-refractivity contribution is -0.131. The molecule has 5 nitrogen and oxygen atoms in total. The Balaban J connectivity index is 1.71. The minimum atomic E-state index is -0.801. The Morgan fingerprint density at radius 3 is 2.86 bits per heavy atom. The molecule has 1 aliphatic heterocycles. The molecule has 1 amide bonds. The number of furan rings is 1. The molecule has 21 heavy (non-hydrogen) atoms. The Morgan fingerprint density at radius 1 is 1.29 bits per heavy atom. The number of amides is 1. The van der Waals surface area contributed by atoms with Gasteiger partial charge in [0.05, 0.1) is 17.9 Å². The molecule has 3 rings (SSSR count). The van der Waals surface area contributed by atoms with E-state index in [1.54, 1.807) is 30.5 Å². The molecule has 5 heteroatoms. The summed E-state index contributed by atoms with van der Waals surface area (Å²) in [6.07, 6.45) is 1.14. The van der Waals surface area contributed by atoms with Crippen molar-refractivity contribution in [1.82, 2.24) is 5.32 Å². The second-order valence-corrected chi connectivity index (χ2v) is 5.00. The molecule has 108 valence electrons. The van der Waals surface area contributed by atoms with Crippen LogP contribution in [0.2, 0.25) is 0 Å². The molecule has 0 saturated carbocycles. The SMILES string of the molecule is C[C@H](NC(=O)[C@@H]1Cc2ccccc2C(=O)O1)c1ccco1. The largest absolute Gasteiger partial charge is 0.467 e. The maximum atomic E-state index is 12.2. The second kappa shape index (κ2) is 5.44. The highest BCUT2D eigenvalue weighted by molar-refractivity contribution is 5.95. The molecule has 0 radical (unpaired) electrons. The van der Waals surface area contributed by atoms with Crippen molar-refractivity contribution in [3.05, 3.63) is 59.5 Å². The molecule has 1 N–H and O–H groups in total. The van der Waals surface area contributed by atoms with E-state index in [0.717, 1.165) is 5.56 Å². The number of fused-ring (bicyclic) bond motifs is 1. The Kier molecular flexibility index (Phi) is 3.48. The van der Waals surface area contributed by atoms with E-state index in [2.05, 4.69) is 5.32 Å². The van der Waals surface area contributed by atoms with Gasteiger partial charge in [-0.05, 0) is 30.7 Å². The van der Waals surface area contributed by atoms with Gasteiger partial charge in [0.25, 0.3) is 5.91 Å². The summed E-state index contributed by atoms with van der Waals surface area (Å²) in [6.45, 7) is 1.81. The van der Waals surface area contributed by atoms with Crippen LogP contribution in [0.5, 0.6) is 0 Å². The fourth-order valence-corrected chi connectivity index (χ4v) is 2.39. The van der Waals surface area contributed by atoms with Gasteiger partial charge in [0.15, 0.2) is 6.10 Å². The van der Waals surface area contributed by atoms with Crippen molar-refractivity contribution in [3.63, 3.8) is 0 Å². The number of hydrogen-bond acceptors (Lipinski definition) is 4. The summed E-state index contributed by atoms with van der Waals surface area (Å²) < 4.78 is 10.4. The first kappa shape index (κ1) is 13.4. The summed E-state index contributed by atoms with van der Waals surface area (Å²) in [5.74, 6) is -0.115. The van der Waals surface area contributed by atoms with Gasteiger partial charge in [-0.15, -0.1) is 0 Å². The van der Waals surface area contributed by atoms with Crippen LogP contribution in [0.25, 0.3) is 0 Å². The first-order valence-corrected chi connectivity index (χ1v) is 6.78. The van der Waals surface area contributed by atoms with Crippen molar-refractivity contribution in [2.75, 3.05) is 0 Å². The minimum Gasteiger partial charge on any atom is -0.467 e. The van der Waals surface area contributed by atoms with Gasteiger partial charge < -0.3 is 14.5 Å². The smallest absolute Gasteiger partial charge is 0.339 e. The number of nitrogens with one attached hydrogen (secondary N) is 1. The van der Waals surface area contributed by atoms with Gasteiger partial charge in [0, 0.05) is 6.42 Å². The monoisotopic (exact) mass is 285 g/mol. The van der Waals surface area contributed by atoms with Gasteiger partial charge in [-0.25, -0.2) is 4.79 Å². The van der Waals surface area contributed by atoms with E-state index in [9.17, 15) is 9.59 Å². The maximum absolute atomic E-state index is 12.2. The van der Waals surface area contributed by atoms with Crippen molar-refractivity contribution in [1.29, 1.82) is 0 Å². The molecule has 0 aliphatic carbocycles. The molecule has 1 aromatic carbocycles. The van der Waals surface area contributed by atoms with Gasteiger partial charge in [0.2, 0.25) is 0 Å². The Bertz CT molecular complexity index is 663. The first-order valence-electron chi connectivity index (χ1n) is 6.78. The summed E-state index contributed by atoms with van der Waals surface area (Å²) in [7, 11) is 0. The van der Waals surface area contributed by atoms with E-state index < -0.39 is 12.1 Å². The molecule has 2 aromatic rings. The number of carbonyl (C=O) groups excluding carboxylic acids is 2. The van der Waals surface area contributed by atoms with Crippen molar-refractivity contribution in [3.8, 4) is 0 Å². The van der Waals surface area contributed by atoms with Crippen LogP contribution in [-0.2, 0) is 16.0 Å². The number of esters is 1. The van der Waals surface area contributed by atoms with Gasteiger partial charge in [-0.2, -0.15) is 0 Å². The highest BCUT2D eigenvalue weighted by Crippen LogP contribution is 2.21. The lowest BCUT2D eigenvalue weighted by atomic mass is 9.98. The van der Waals surface area contributed by atoms with Crippen LogP contribution in [0.3, 0.4) is 0 Å². The van der Waals surface area contributed by atoms with Crippen LogP contribution >= 0.6 is 0 Å². The van der Waals surface area contributed by atoms with Crippen molar-refractivity contribution in [2.45, 2.75) is 25.5 Å². The fourth-order valence-electron chi connectivity index (χ4n) is 2.39. The van der Waals surface area contributed by atoms with Gasteiger partial charge >= 0.3 is 5.97 Å². The van der Waals surface area contributed by atoms with E-state index in [1.807, 2.05) is 19.1 Å². The third kappa shape index (κ3) is 2.67. The van der Waals surface area contributed by atoms with Crippen molar-refractivity contribution >= 4 is 11.9 Å². The van der Waals surface area contributed by atoms with Gasteiger partial charge in [0.1, 0.15) is 5.76 Å². The fraction of sp³-hybridized carbons (Fsp3) is 0.250. The van der Waals surface area contributed by atoms with E-state index in [1.165, 1.54) is 0 Å². The average molecular weight is 285 g/mol. The molecule has 1 aromatic heterocycles. The lowest BCUT2D eigenvalue weighted by Crippen LogP contribution is -2.42. The highest BCUT2D eigenvalue weighted by atomic mass is 16.5. The molecule has 0 spiro atoms. The van der Waals surface area contributed by atoms with Gasteiger partial charge in [-0.1, -0.05) is 18.2 Å². The number of benzene rings is 1. The van der Waals surface area contributed by atoms with Crippen LogP contribution in [0.4, 0.5) is 0 Å². The van der Waals surface area contributed by atoms with Crippen LogP contribution in [-0.4, -0.2) is 18.0 Å². The number of cyclic esters (lactones) is 1. The predicted molar refractivity (Wildman–Crippen MR) is 74.6 cm³/mol. The zero-order valence-electron chi connectivity index (χ0n) is 11.5. The van der Waals surface area contributed by atoms with E-state index in [-0.39, 0.29) is 11.9 Å². The Morgan fingerprint density at radius 2 is 2.10 bits per heavy atom. The minimum absolute atomic E-state index is 0.275. The van der Waals surface area contributed by atoms with Crippen LogP contribution in [0.15, 0.2) is 47.1 Å². The maximum Gasteiger partial charge on any atom is 0.339 e. The number of ether oxygens (including phenoxy) is 1. The third-order valence-electron chi connectivity index (χ3n) is 3.51. The van der Waals surface area contributed by atoms with Crippen LogP contribution < -0.4 is 5.32 Å². The van der Waals surface area contributed by atoms with Crippen molar-refractivity contribution in [2.24, 2.45) is 0 Å².